The van der Waals surface area contributed by atoms with Crippen molar-refractivity contribution in [2.24, 2.45) is 5.92 Å². The Kier molecular flexibility index (Phi) is 4.53. The molecule has 1 unspecified atom stereocenters. The van der Waals surface area contributed by atoms with Crippen LogP contribution < -0.4 is 15.1 Å². The van der Waals surface area contributed by atoms with Gasteiger partial charge in [0.25, 0.3) is 5.91 Å². The number of aryl methyl sites for hydroxylation is 1. The number of hydrogen-bond donors (Lipinski definition) is 1. The van der Waals surface area contributed by atoms with E-state index in [2.05, 4.69) is 33.5 Å². The van der Waals surface area contributed by atoms with Crippen LogP contribution in [-0.4, -0.2) is 47.3 Å². The lowest BCUT2D eigenvalue weighted by Gasteiger charge is -2.38. The van der Waals surface area contributed by atoms with Crippen LogP contribution in [0, 0.1) is 5.92 Å². The molecule has 0 saturated heterocycles. The van der Waals surface area contributed by atoms with E-state index in [4.69, 9.17) is 0 Å². The number of rotatable bonds is 4. The molecular formula is C22H27N5O2. The van der Waals surface area contributed by atoms with Crippen molar-refractivity contribution >= 4 is 23.2 Å². The topological polar surface area (TPSA) is 70.5 Å². The second-order valence-corrected chi connectivity index (χ2v) is 8.39. The Morgan fingerprint density at radius 3 is 2.66 bits per heavy atom. The fourth-order valence-electron chi connectivity index (χ4n) is 4.65. The predicted molar refractivity (Wildman–Crippen MR) is 111 cm³/mol. The van der Waals surface area contributed by atoms with Crippen LogP contribution in [0.4, 0.5) is 11.4 Å². The molecule has 1 N–H and O–H groups in total. The maximum atomic E-state index is 13.5. The van der Waals surface area contributed by atoms with Crippen molar-refractivity contribution in [3.63, 3.8) is 0 Å². The van der Waals surface area contributed by atoms with E-state index in [1.54, 1.807) is 13.1 Å². The molecular weight excluding hydrogens is 366 g/mol. The molecule has 1 aliphatic carbocycles. The zero-order valence-corrected chi connectivity index (χ0v) is 16.8. The highest BCUT2D eigenvalue weighted by molar-refractivity contribution is 6.09. The van der Waals surface area contributed by atoms with Crippen LogP contribution in [0.2, 0.25) is 0 Å². The Bertz CT molecular complexity index is 948. The molecule has 0 bridgehead atoms. The first-order chi connectivity index (χ1) is 14.1. The Labute approximate surface area is 170 Å². The molecule has 1 aromatic heterocycles. The number of para-hydroxylation sites is 2. The second kappa shape index (κ2) is 7.21. The van der Waals surface area contributed by atoms with Crippen molar-refractivity contribution in [2.75, 3.05) is 29.4 Å². The van der Waals surface area contributed by atoms with Gasteiger partial charge in [0.1, 0.15) is 0 Å². The van der Waals surface area contributed by atoms with Crippen LogP contribution >= 0.6 is 0 Å². The van der Waals surface area contributed by atoms with Crippen LogP contribution in [0.5, 0.6) is 0 Å². The first-order valence-electron chi connectivity index (χ1n) is 10.6. The number of benzene rings is 1. The van der Waals surface area contributed by atoms with Gasteiger partial charge < -0.3 is 15.1 Å². The summed E-state index contributed by atoms with van der Waals surface area (Å²) in [6, 6.07) is 8.87. The van der Waals surface area contributed by atoms with Gasteiger partial charge in [-0.15, -0.1) is 0 Å². The Hall–Kier alpha value is -2.83. The van der Waals surface area contributed by atoms with Gasteiger partial charge in [-0.1, -0.05) is 12.1 Å². The maximum Gasteiger partial charge on any atom is 0.261 e. The molecule has 2 aliphatic heterocycles. The lowest BCUT2D eigenvalue weighted by Crippen LogP contribution is -2.45. The first kappa shape index (κ1) is 18.2. The van der Waals surface area contributed by atoms with E-state index >= 15 is 0 Å². The molecule has 2 aromatic rings. The lowest BCUT2D eigenvalue weighted by molar-refractivity contribution is -0.119. The fraction of sp³-hybridized carbons (Fsp3) is 0.500. The highest BCUT2D eigenvalue weighted by Gasteiger charge is 2.36. The van der Waals surface area contributed by atoms with Crippen LogP contribution in [-0.2, 0) is 17.8 Å². The van der Waals surface area contributed by atoms with E-state index < -0.39 is 0 Å². The summed E-state index contributed by atoms with van der Waals surface area (Å²) in [5.41, 5.74) is 3.87. The predicted octanol–water partition coefficient (Wildman–Crippen LogP) is 2.21. The Morgan fingerprint density at radius 1 is 1.10 bits per heavy atom. The summed E-state index contributed by atoms with van der Waals surface area (Å²) in [4.78, 5) is 29.2. The number of aromatic nitrogens is 2. The molecule has 0 spiro atoms. The average Bonchev–Trinajstić information content (AvgIpc) is 3.49. The van der Waals surface area contributed by atoms with Crippen molar-refractivity contribution in [3.05, 3.63) is 41.7 Å². The van der Waals surface area contributed by atoms with Gasteiger partial charge in [0.2, 0.25) is 5.91 Å². The third-order valence-corrected chi connectivity index (χ3v) is 6.33. The molecule has 1 aromatic carbocycles. The minimum atomic E-state index is -0.00878. The molecule has 5 rings (SSSR count). The summed E-state index contributed by atoms with van der Waals surface area (Å²) < 4.78 is 1.96. The number of carbonyl (C=O) groups excluding carboxylic acids is 2. The number of amides is 2. The summed E-state index contributed by atoms with van der Waals surface area (Å²) in [7, 11) is 0. The average molecular weight is 393 g/mol. The maximum absolute atomic E-state index is 13.5. The SMILES string of the molecule is CC(=O)NCC1CCn2ncc(C(=O)N3CCN(C4CC4)c4ccccc43)c2C1. The summed E-state index contributed by atoms with van der Waals surface area (Å²) in [6.45, 7) is 4.56. The molecule has 7 nitrogen and oxygen atoms in total. The van der Waals surface area contributed by atoms with E-state index in [0.29, 0.717) is 30.6 Å². The lowest BCUT2D eigenvalue weighted by atomic mass is 9.94. The van der Waals surface area contributed by atoms with Crippen molar-refractivity contribution < 1.29 is 9.59 Å². The van der Waals surface area contributed by atoms with E-state index in [0.717, 1.165) is 37.3 Å². The number of carbonyl (C=O) groups is 2. The third-order valence-electron chi connectivity index (χ3n) is 6.33. The van der Waals surface area contributed by atoms with E-state index in [9.17, 15) is 9.59 Å². The van der Waals surface area contributed by atoms with Gasteiger partial charge in [-0.2, -0.15) is 5.10 Å². The second-order valence-electron chi connectivity index (χ2n) is 8.39. The quantitative estimate of drug-likeness (QED) is 0.865. The van der Waals surface area contributed by atoms with E-state index in [1.807, 2.05) is 15.6 Å². The number of fused-ring (bicyclic) bond motifs is 2. The molecule has 2 amide bonds. The normalized spacial score (nSPS) is 20.8. The Morgan fingerprint density at radius 2 is 1.90 bits per heavy atom. The van der Waals surface area contributed by atoms with Gasteiger partial charge in [0, 0.05) is 39.1 Å². The summed E-state index contributed by atoms with van der Waals surface area (Å²) >= 11 is 0. The monoisotopic (exact) mass is 393 g/mol. The van der Waals surface area contributed by atoms with Gasteiger partial charge >= 0.3 is 0 Å². The molecule has 152 valence electrons. The number of anilines is 2. The molecule has 3 aliphatic rings. The number of nitrogens with one attached hydrogen (secondary N) is 1. The van der Waals surface area contributed by atoms with Gasteiger partial charge in [-0.3, -0.25) is 14.3 Å². The van der Waals surface area contributed by atoms with Crippen molar-refractivity contribution in [1.82, 2.24) is 15.1 Å². The zero-order chi connectivity index (χ0) is 20.0. The van der Waals surface area contributed by atoms with Crippen molar-refractivity contribution in [1.29, 1.82) is 0 Å². The Balaban J connectivity index is 1.40. The molecule has 7 heteroatoms. The molecule has 3 heterocycles. The van der Waals surface area contributed by atoms with Crippen LogP contribution in [0.1, 0.15) is 42.2 Å². The number of nitrogens with zero attached hydrogens (tertiary/aromatic N) is 4. The zero-order valence-electron chi connectivity index (χ0n) is 16.8. The molecule has 1 atom stereocenters. The largest absolute Gasteiger partial charge is 0.365 e. The molecule has 1 saturated carbocycles. The molecule has 1 fully saturated rings. The van der Waals surface area contributed by atoms with E-state index in [1.165, 1.54) is 18.5 Å². The standard InChI is InChI=1S/C22H27N5O2/c1-15(28)23-13-16-8-9-27-21(12-16)18(14-24-27)22(29)26-11-10-25(17-6-7-17)19-4-2-3-5-20(19)26/h2-5,14,16-17H,6-13H2,1H3,(H,23,28). The number of hydrogen-bond acceptors (Lipinski definition) is 4. The van der Waals surface area contributed by atoms with Gasteiger partial charge in [0.05, 0.1) is 28.8 Å². The van der Waals surface area contributed by atoms with Gasteiger partial charge in [0.15, 0.2) is 0 Å². The van der Waals surface area contributed by atoms with Crippen LogP contribution in [0.25, 0.3) is 0 Å². The minimum absolute atomic E-state index is 0.00878. The highest BCUT2D eigenvalue weighted by Crippen LogP contribution is 2.40. The fourth-order valence-corrected chi connectivity index (χ4v) is 4.65. The van der Waals surface area contributed by atoms with E-state index in [-0.39, 0.29) is 11.8 Å². The van der Waals surface area contributed by atoms with Crippen molar-refractivity contribution in [2.45, 2.75) is 45.2 Å². The van der Waals surface area contributed by atoms with Crippen LogP contribution in [0.15, 0.2) is 30.5 Å². The third kappa shape index (κ3) is 3.39. The highest BCUT2D eigenvalue weighted by atomic mass is 16.2. The molecule has 29 heavy (non-hydrogen) atoms. The van der Waals surface area contributed by atoms with Gasteiger partial charge in [-0.25, -0.2) is 0 Å². The summed E-state index contributed by atoms with van der Waals surface area (Å²) in [6.07, 6.45) is 5.95. The van der Waals surface area contributed by atoms with Crippen LogP contribution in [0.3, 0.4) is 0 Å². The molecule has 0 radical (unpaired) electrons. The first-order valence-corrected chi connectivity index (χ1v) is 10.6. The van der Waals surface area contributed by atoms with Gasteiger partial charge in [-0.05, 0) is 43.7 Å². The summed E-state index contributed by atoms with van der Waals surface area (Å²) in [5.74, 6) is 0.369. The smallest absolute Gasteiger partial charge is 0.261 e. The summed E-state index contributed by atoms with van der Waals surface area (Å²) in [5, 5.41) is 7.40. The van der Waals surface area contributed by atoms with Crippen molar-refractivity contribution in [3.8, 4) is 0 Å². The minimum Gasteiger partial charge on any atom is -0.365 e.